The third-order valence-electron chi connectivity index (χ3n) is 3.82. The highest BCUT2D eigenvalue weighted by molar-refractivity contribution is 5.24. The van der Waals surface area contributed by atoms with Gasteiger partial charge in [0.25, 0.3) is 0 Å². The molecule has 0 aliphatic carbocycles. The molecule has 1 aromatic carbocycles. The van der Waals surface area contributed by atoms with E-state index < -0.39 is 5.54 Å². The van der Waals surface area contributed by atoms with Crippen LogP contribution in [0.2, 0.25) is 0 Å². The first-order valence-electron chi connectivity index (χ1n) is 7.72. The van der Waals surface area contributed by atoms with E-state index in [9.17, 15) is 5.11 Å². The van der Waals surface area contributed by atoms with Crippen molar-refractivity contribution in [3.63, 3.8) is 0 Å². The molecule has 0 aromatic heterocycles. The van der Waals surface area contributed by atoms with Crippen LogP contribution in [0.3, 0.4) is 0 Å². The van der Waals surface area contributed by atoms with E-state index >= 15 is 0 Å². The van der Waals surface area contributed by atoms with Gasteiger partial charge in [0.05, 0.1) is 18.8 Å². The van der Waals surface area contributed by atoms with Gasteiger partial charge in [0.2, 0.25) is 0 Å². The van der Waals surface area contributed by atoms with Crippen LogP contribution in [0.1, 0.15) is 44.6 Å². The molecule has 0 heterocycles. The van der Waals surface area contributed by atoms with Crippen molar-refractivity contribution in [2.75, 3.05) is 26.9 Å². The Labute approximate surface area is 123 Å². The zero-order chi connectivity index (χ0) is 14.7. The predicted octanol–water partition coefficient (Wildman–Crippen LogP) is 3.08. The van der Waals surface area contributed by atoms with Gasteiger partial charge >= 0.3 is 0 Å². The topological polar surface area (TPSA) is 41.5 Å². The van der Waals surface area contributed by atoms with E-state index in [1.165, 1.54) is 25.7 Å². The molecule has 20 heavy (non-hydrogen) atoms. The molecular weight excluding hydrogens is 250 g/mol. The highest BCUT2D eigenvalue weighted by Crippen LogP contribution is 2.20. The van der Waals surface area contributed by atoms with Crippen LogP contribution < -0.4 is 5.32 Å². The molecule has 114 valence electrons. The monoisotopic (exact) mass is 279 g/mol. The maximum absolute atomic E-state index is 9.76. The number of likely N-dealkylation sites (N-methyl/N-ethyl adjacent to an activating group) is 1. The van der Waals surface area contributed by atoms with E-state index in [2.05, 4.69) is 12.2 Å². The number of hydrogen-bond donors (Lipinski definition) is 2. The molecule has 0 fully saturated rings. The molecule has 1 atom stereocenters. The lowest BCUT2D eigenvalue weighted by atomic mass is 9.92. The summed E-state index contributed by atoms with van der Waals surface area (Å²) in [6.07, 6.45) is 6.18. The Morgan fingerprint density at radius 3 is 2.40 bits per heavy atom. The summed E-state index contributed by atoms with van der Waals surface area (Å²) in [5, 5.41) is 13.0. The minimum absolute atomic E-state index is 0.0311. The molecule has 1 rings (SSSR count). The summed E-state index contributed by atoms with van der Waals surface area (Å²) >= 11 is 0. The Kier molecular flexibility index (Phi) is 8.51. The van der Waals surface area contributed by atoms with Crippen LogP contribution >= 0.6 is 0 Å². The van der Waals surface area contributed by atoms with Crippen LogP contribution in [-0.4, -0.2) is 32.0 Å². The minimum atomic E-state index is -0.495. The highest BCUT2D eigenvalue weighted by Gasteiger charge is 2.29. The first kappa shape index (κ1) is 17.2. The first-order chi connectivity index (χ1) is 9.79. The number of benzene rings is 1. The average Bonchev–Trinajstić information content (AvgIpc) is 2.52. The molecule has 0 radical (unpaired) electrons. The molecule has 1 aromatic rings. The van der Waals surface area contributed by atoms with Gasteiger partial charge in [0.1, 0.15) is 0 Å². The van der Waals surface area contributed by atoms with Gasteiger partial charge < -0.3 is 15.2 Å². The lowest BCUT2D eigenvalue weighted by Gasteiger charge is -2.32. The number of aliphatic hydroxyl groups excluding tert-OH is 1. The van der Waals surface area contributed by atoms with E-state index in [1.807, 2.05) is 37.4 Å². The molecule has 1 unspecified atom stereocenters. The van der Waals surface area contributed by atoms with E-state index in [0.717, 1.165) is 18.6 Å². The SMILES string of the molecule is CCCCCCCOCC(CO)(NC)c1ccccc1. The molecule has 0 aliphatic heterocycles. The summed E-state index contributed by atoms with van der Waals surface area (Å²) in [5.74, 6) is 0. The third-order valence-corrected chi connectivity index (χ3v) is 3.82. The van der Waals surface area contributed by atoms with Gasteiger partial charge in [-0.25, -0.2) is 0 Å². The number of nitrogens with one attached hydrogen (secondary N) is 1. The molecule has 3 nitrogen and oxygen atoms in total. The van der Waals surface area contributed by atoms with Gasteiger partial charge in [-0.1, -0.05) is 62.9 Å². The van der Waals surface area contributed by atoms with Crippen molar-refractivity contribution in [3.05, 3.63) is 35.9 Å². The van der Waals surface area contributed by atoms with Crippen molar-refractivity contribution >= 4 is 0 Å². The van der Waals surface area contributed by atoms with Crippen LogP contribution in [-0.2, 0) is 10.3 Å². The van der Waals surface area contributed by atoms with Crippen molar-refractivity contribution in [3.8, 4) is 0 Å². The standard InChI is InChI=1S/C17H29NO2/c1-3-4-5-6-10-13-20-15-17(14-19,18-2)16-11-8-7-9-12-16/h7-9,11-12,18-19H,3-6,10,13-15H2,1-2H3. The Morgan fingerprint density at radius 1 is 1.10 bits per heavy atom. The zero-order valence-electron chi connectivity index (χ0n) is 12.9. The van der Waals surface area contributed by atoms with Crippen LogP contribution in [0.15, 0.2) is 30.3 Å². The van der Waals surface area contributed by atoms with Crippen LogP contribution in [0.5, 0.6) is 0 Å². The number of rotatable bonds is 11. The Morgan fingerprint density at radius 2 is 1.80 bits per heavy atom. The summed E-state index contributed by atoms with van der Waals surface area (Å²) in [6.45, 7) is 3.51. The van der Waals surface area contributed by atoms with Crippen molar-refractivity contribution in [2.45, 2.75) is 44.6 Å². The average molecular weight is 279 g/mol. The summed E-state index contributed by atoms with van der Waals surface area (Å²) in [7, 11) is 1.87. The number of hydrogen-bond acceptors (Lipinski definition) is 3. The van der Waals surface area contributed by atoms with Gasteiger partial charge in [-0.05, 0) is 19.0 Å². The van der Waals surface area contributed by atoms with Crippen molar-refractivity contribution in [1.29, 1.82) is 0 Å². The van der Waals surface area contributed by atoms with Crippen molar-refractivity contribution < 1.29 is 9.84 Å². The van der Waals surface area contributed by atoms with Crippen LogP contribution in [0, 0.1) is 0 Å². The quantitative estimate of drug-likeness (QED) is 0.612. The van der Waals surface area contributed by atoms with Gasteiger partial charge in [-0.15, -0.1) is 0 Å². The fourth-order valence-electron chi connectivity index (χ4n) is 2.33. The smallest absolute Gasteiger partial charge is 0.0903 e. The van der Waals surface area contributed by atoms with Crippen molar-refractivity contribution in [2.24, 2.45) is 0 Å². The first-order valence-corrected chi connectivity index (χ1v) is 7.72. The molecular formula is C17H29NO2. The summed E-state index contributed by atoms with van der Waals surface area (Å²) < 4.78 is 5.79. The maximum atomic E-state index is 9.76. The summed E-state index contributed by atoms with van der Waals surface area (Å²) in [6, 6.07) is 10.0. The van der Waals surface area contributed by atoms with Gasteiger partial charge in [0, 0.05) is 6.61 Å². The van der Waals surface area contributed by atoms with Gasteiger partial charge in [-0.2, -0.15) is 0 Å². The van der Waals surface area contributed by atoms with E-state index in [1.54, 1.807) is 0 Å². The Hall–Kier alpha value is -0.900. The van der Waals surface area contributed by atoms with Crippen LogP contribution in [0.25, 0.3) is 0 Å². The van der Waals surface area contributed by atoms with Gasteiger partial charge in [-0.3, -0.25) is 0 Å². The minimum Gasteiger partial charge on any atom is -0.394 e. The molecule has 0 aliphatic rings. The molecule has 2 N–H and O–H groups in total. The molecule has 0 saturated heterocycles. The second-order valence-corrected chi connectivity index (χ2v) is 5.32. The van der Waals surface area contributed by atoms with E-state index in [-0.39, 0.29) is 6.61 Å². The van der Waals surface area contributed by atoms with E-state index in [4.69, 9.17) is 4.74 Å². The highest BCUT2D eigenvalue weighted by atomic mass is 16.5. The normalized spacial score (nSPS) is 14.2. The lowest BCUT2D eigenvalue weighted by Crippen LogP contribution is -2.47. The largest absolute Gasteiger partial charge is 0.394 e. The van der Waals surface area contributed by atoms with Gasteiger partial charge in [0.15, 0.2) is 0 Å². The summed E-state index contributed by atoms with van der Waals surface area (Å²) in [5.41, 5.74) is 0.570. The Balaban J connectivity index is 2.40. The number of aliphatic hydroxyl groups is 1. The number of unbranched alkanes of at least 4 members (excludes halogenated alkanes) is 4. The number of ether oxygens (including phenoxy) is 1. The second-order valence-electron chi connectivity index (χ2n) is 5.32. The molecule has 0 saturated carbocycles. The molecule has 0 bridgehead atoms. The molecule has 3 heteroatoms. The molecule has 0 spiro atoms. The lowest BCUT2D eigenvalue weighted by molar-refractivity contribution is 0.0358. The maximum Gasteiger partial charge on any atom is 0.0903 e. The third kappa shape index (κ3) is 5.23. The fourth-order valence-corrected chi connectivity index (χ4v) is 2.33. The fraction of sp³-hybridized carbons (Fsp3) is 0.647. The van der Waals surface area contributed by atoms with Crippen molar-refractivity contribution in [1.82, 2.24) is 5.32 Å². The van der Waals surface area contributed by atoms with E-state index in [0.29, 0.717) is 6.61 Å². The molecule has 0 amide bonds. The van der Waals surface area contributed by atoms with Crippen LogP contribution in [0.4, 0.5) is 0 Å². The zero-order valence-corrected chi connectivity index (χ0v) is 12.9. The predicted molar refractivity (Wildman–Crippen MR) is 83.8 cm³/mol. The summed E-state index contributed by atoms with van der Waals surface area (Å²) in [4.78, 5) is 0. The Bertz CT molecular complexity index is 336. The second kappa shape index (κ2) is 9.92.